The number of aromatic nitrogens is 2. The van der Waals surface area contributed by atoms with Crippen molar-refractivity contribution in [2.45, 2.75) is 38.1 Å². The van der Waals surface area contributed by atoms with Crippen molar-refractivity contribution in [3.8, 4) is 0 Å². The Labute approximate surface area is 206 Å². The van der Waals surface area contributed by atoms with Crippen LogP contribution in [0.2, 0.25) is 0 Å². The standard InChI is InChI=1S/C26H30N4O4S/c1-19(2)15-20-9-11-21(12-10-20)18-30(25(32)17-24(31)26-27-13-6-14-28-26)22-7-5-8-23(16-22)35(33,34)29(3)4/h5-14,16,19H,15,17-18H2,1-4H3. The summed E-state index contributed by atoms with van der Waals surface area (Å²) in [7, 11) is -0.813. The highest BCUT2D eigenvalue weighted by Gasteiger charge is 2.24. The minimum atomic E-state index is -3.71. The monoisotopic (exact) mass is 494 g/mol. The van der Waals surface area contributed by atoms with E-state index in [1.54, 1.807) is 18.2 Å². The highest BCUT2D eigenvalue weighted by molar-refractivity contribution is 7.89. The van der Waals surface area contributed by atoms with E-state index in [1.807, 2.05) is 24.3 Å². The number of amides is 1. The summed E-state index contributed by atoms with van der Waals surface area (Å²) in [5.74, 6) is -0.507. The Morgan fingerprint density at radius 2 is 1.54 bits per heavy atom. The molecule has 0 aliphatic carbocycles. The fourth-order valence-corrected chi connectivity index (χ4v) is 4.48. The van der Waals surface area contributed by atoms with Crippen LogP contribution in [0.15, 0.2) is 71.9 Å². The number of hydrogen-bond acceptors (Lipinski definition) is 6. The van der Waals surface area contributed by atoms with Crippen LogP contribution in [0.25, 0.3) is 0 Å². The number of hydrogen-bond donors (Lipinski definition) is 0. The highest BCUT2D eigenvalue weighted by atomic mass is 32.2. The zero-order valence-electron chi connectivity index (χ0n) is 20.4. The van der Waals surface area contributed by atoms with Crippen LogP contribution in [-0.2, 0) is 27.8 Å². The molecule has 1 amide bonds. The summed E-state index contributed by atoms with van der Waals surface area (Å²) in [5.41, 5.74) is 2.43. The van der Waals surface area contributed by atoms with E-state index in [9.17, 15) is 18.0 Å². The van der Waals surface area contributed by atoms with Crippen LogP contribution in [0, 0.1) is 5.92 Å². The molecule has 0 aliphatic heterocycles. The summed E-state index contributed by atoms with van der Waals surface area (Å²) < 4.78 is 26.5. The first-order chi connectivity index (χ1) is 16.6. The van der Waals surface area contributed by atoms with E-state index in [1.165, 1.54) is 49.1 Å². The van der Waals surface area contributed by atoms with Gasteiger partial charge in [0.15, 0.2) is 5.82 Å². The van der Waals surface area contributed by atoms with Gasteiger partial charge in [-0.05, 0) is 47.7 Å². The van der Waals surface area contributed by atoms with E-state index >= 15 is 0 Å². The molecule has 0 radical (unpaired) electrons. The average molecular weight is 495 g/mol. The Balaban J connectivity index is 1.94. The first-order valence-electron chi connectivity index (χ1n) is 11.3. The third-order valence-electron chi connectivity index (χ3n) is 5.34. The number of anilines is 1. The van der Waals surface area contributed by atoms with Crippen LogP contribution >= 0.6 is 0 Å². The van der Waals surface area contributed by atoms with Crippen molar-refractivity contribution in [2.24, 2.45) is 5.92 Å². The van der Waals surface area contributed by atoms with Gasteiger partial charge in [-0.15, -0.1) is 0 Å². The van der Waals surface area contributed by atoms with Crippen molar-refractivity contribution in [1.29, 1.82) is 0 Å². The molecule has 0 atom stereocenters. The largest absolute Gasteiger partial charge is 0.308 e. The first kappa shape index (κ1) is 26.2. The molecular formula is C26H30N4O4S. The van der Waals surface area contributed by atoms with Gasteiger partial charge in [-0.2, -0.15) is 0 Å². The highest BCUT2D eigenvalue weighted by Crippen LogP contribution is 2.24. The molecule has 9 heteroatoms. The summed E-state index contributed by atoms with van der Waals surface area (Å²) in [4.78, 5) is 35.3. The Morgan fingerprint density at radius 3 is 2.14 bits per heavy atom. The maximum atomic E-state index is 13.3. The fourth-order valence-electron chi connectivity index (χ4n) is 3.54. The van der Waals surface area contributed by atoms with Crippen LogP contribution in [0.3, 0.4) is 0 Å². The molecule has 2 aromatic carbocycles. The molecule has 0 saturated carbocycles. The van der Waals surface area contributed by atoms with Crippen molar-refractivity contribution in [1.82, 2.24) is 14.3 Å². The Hall–Kier alpha value is -3.43. The normalized spacial score (nSPS) is 11.6. The Bertz CT molecular complexity index is 1270. The second-order valence-corrected chi connectivity index (χ2v) is 11.0. The van der Waals surface area contributed by atoms with Gasteiger partial charge in [0.1, 0.15) is 0 Å². The molecule has 0 N–H and O–H groups in total. The average Bonchev–Trinajstić information content (AvgIpc) is 2.83. The summed E-state index contributed by atoms with van der Waals surface area (Å²) in [6.07, 6.45) is 3.38. The molecule has 3 aromatic rings. The lowest BCUT2D eigenvalue weighted by molar-refractivity contribution is -0.117. The molecule has 3 rings (SSSR count). The molecule has 184 valence electrons. The predicted octanol–water partition coefficient (Wildman–Crippen LogP) is 3.73. The van der Waals surface area contributed by atoms with Gasteiger partial charge in [0, 0.05) is 32.2 Å². The predicted molar refractivity (Wildman–Crippen MR) is 134 cm³/mol. The van der Waals surface area contributed by atoms with E-state index in [2.05, 4.69) is 23.8 Å². The van der Waals surface area contributed by atoms with Crippen molar-refractivity contribution in [3.63, 3.8) is 0 Å². The second kappa shape index (κ2) is 11.3. The molecule has 0 saturated heterocycles. The quantitative estimate of drug-likeness (QED) is 0.314. The third kappa shape index (κ3) is 6.80. The van der Waals surface area contributed by atoms with Crippen molar-refractivity contribution >= 4 is 27.4 Å². The maximum Gasteiger partial charge on any atom is 0.242 e. The van der Waals surface area contributed by atoms with Gasteiger partial charge in [-0.3, -0.25) is 9.59 Å². The molecule has 1 aromatic heterocycles. The molecule has 0 bridgehead atoms. The number of ketones is 1. The molecule has 1 heterocycles. The van der Waals surface area contributed by atoms with Crippen molar-refractivity contribution < 1.29 is 18.0 Å². The van der Waals surface area contributed by atoms with Crippen molar-refractivity contribution in [3.05, 3.63) is 83.9 Å². The number of nitrogens with zero attached hydrogens (tertiary/aromatic N) is 4. The number of carbonyl (C=O) groups is 2. The van der Waals surface area contributed by atoms with Gasteiger partial charge in [0.25, 0.3) is 0 Å². The van der Waals surface area contributed by atoms with Crippen LogP contribution in [-0.4, -0.2) is 48.5 Å². The van der Waals surface area contributed by atoms with Gasteiger partial charge in [-0.1, -0.05) is 44.2 Å². The Morgan fingerprint density at radius 1 is 0.914 bits per heavy atom. The summed E-state index contributed by atoms with van der Waals surface area (Å²) in [5, 5.41) is 0. The molecule has 0 unspecified atom stereocenters. The molecule has 0 aliphatic rings. The number of sulfonamides is 1. The number of Topliss-reactive ketones (excluding diaryl/α,β-unsaturated/α-hetero) is 1. The van der Waals surface area contributed by atoms with E-state index in [-0.39, 0.29) is 17.3 Å². The van der Waals surface area contributed by atoms with E-state index in [0.29, 0.717) is 11.6 Å². The third-order valence-corrected chi connectivity index (χ3v) is 7.15. The smallest absolute Gasteiger partial charge is 0.242 e. The lowest BCUT2D eigenvalue weighted by Gasteiger charge is -2.24. The van der Waals surface area contributed by atoms with E-state index < -0.39 is 28.1 Å². The lowest BCUT2D eigenvalue weighted by atomic mass is 10.0. The number of rotatable bonds is 10. The van der Waals surface area contributed by atoms with E-state index in [4.69, 9.17) is 0 Å². The lowest BCUT2D eigenvalue weighted by Crippen LogP contribution is -2.32. The fraction of sp³-hybridized carbons (Fsp3) is 0.308. The van der Waals surface area contributed by atoms with Gasteiger partial charge in [0.05, 0.1) is 17.9 Å². The van der Waals surface area contributed by atoms with Gasteiger partial charge < -0.3 is 4.90 Å². The first-order valence-corrected chi connectivity index (χ1v) is 12.7. The second-order valence-electron chi connectivity index (χ2n) is 8.85. The summed E-state index contributed by atoms with van der Waals surface area (Å²) >= 11 is 0. The molecular weight excluding hydrogens is 464 g/mol. The zero-order chi connectivity index (χ0) is 25.6. The molecule has 0 fully saturated rings. The zero-order valence-corrected chi connectivity index (χ0v) is 21.2. The maximum absolute atomic E-state index is 13.3. The van der Waals surface area contributed by atoms with Gasteiger partial charge in [0.2, 0.25) is 21.7 Å². The minimum Gasteiger partial charge on any atom is -0.308 e. The van der Waals surface area contributed by atoms with Gasteiger partial charge in [-0.25, -0.2) is 22.7 Å². The Kier molecular flexibility index (Phi) is 8.48. The topological polar surface area (TPSA) is 101 Å². The molecule has 0 spiro atoms. The number of benzene rings is 2. The SMILES string of the molecule is CC(C)Cc1ccc(CN(C(=O)CC(=O)c2ncccn2)c2cccc(S(=O)(=O)N(C)C)c2)cc1. The summed E-state index contributed by atoms with van der Waals surface area (Å²) in [6.45, 7) is 4.47. The van der Waals surface area contributed by atoms with Crippen molar-refractivity contribution in [2.75, 3.05) is 19.0 Å². The van der Waals surface area contributed by atoms with Crippen LogP contribution < -0.4 is 4.90 Å². The minimum absolute atomic E-state index is 0.0391. The van der Waals surface area contributed by atoms with Crippen LogP contribution in [0.5, 0.6) is 0 Å². The number of carbonyl (C=O) groups excluding carboxylic acids is 2. The summed E-state index contributed by atoms with van der Waals surface area (Å²) in [6, 6.07) is 15.7. The van der Waals surface area contributed by atoms with E-state index in [0.717, 1.165) is 16.3 Å². The van der Waals surface area contributed by atoms with Crippen LogP contribution in [0.1, 0.15) is 42.0 Å². The van der Waals surface area contributed by atoms with Crippen LogP contribution in [0.4, 0.5) is 5.69 Å². The molecule has 8 nitrogen and oxygen atoms in total. The van der Waals surface area contributed by atoms with Gasteiger partial charge >= 0.3 is 0 Å². The molecule has 35 heavy (non-hydrogen) atoms.